The van der Waals surface area contributed by atoms with E-state index in [-0.39, 0.29) is 6.09 Å². The molecule has 1 unspecified atom stereocenters. The summed E-state index contributed by atoms with van der Waals surface area (Å²) in [4.78, 5) is 14.4. The van der Waals surface area contributed by atoms with Crippen molar-refractivity contribution < 1.29 is 18.5 Å². The van der Waals surface area contributed by atoms with Crippen molar-refractivity contribution in [2.45, 2.75) is 64.4 Å². The molecular formula is C22H36N2O4S. The van der Waals surface area contributed by atoms with Gasteiger partial charge in [-0.25, -0.2) is 13.8 Å². The van der Waals surface area contributed by atoms with E-state index in [9.17, 15) is 9.00 Å². The van der Waals surface area contributed by atoms with Gasteiger partial charge in [0.05, 0.1) is 21.2 Å². The molecule has 6 nitrogen and oxygen atoms in total. The Labute approximate surface area is 175 Å². The van der Waals surface area contributed by atoms with Crippen LogP contribution in [0.4, 0.5) is 4.79 Å². The fourth-order valence-corrected chi connectivity index (χ4v) is 4.28. The number of carbonyl (C=O) groups is 1. The number of hydrogen-bond donors (Lipinski definition) is 1. The third-order valence-corrected chi connectivity index (χ3v) is 5.97. The zero-order valence-corrected chi connectivity index (χ0v) is 19.4. The van der Waals surface area contributed by atoms with Crippen molar-refractivity contribution in [2.75, 3.05) is 26.0 Å². The molecule has 1 aromatic carbocycles. The fourth-order valence-electron chi connectivity index (χ4n) is 3.39. The van der Waals surface area contributed by atoms with Gasteiger partial charge >= 0.3 is 6.09 Å². The minimum absolute atomic E-state index is 0.264. The van der Waals surface area contributed by atoms with Crippen molar-refractivity contribution in [1.29, 1.82) is 4.78 Å². The van der Waals surface area contributed by atoms with Crippen LogP contribution in [0.1, 0.15) is 53.0 Å². The zero-order valence-electron chi connectivity index (χ0n) is 18.6. The number of benzene rings is 1. The van der Waals surface area contributed by atoms with E-state index in [1.807, 2.05) is 39.0 Å². The van der Waals surface area contributed by atoms with Gasteiger partial charge in [-0.2, -0.15) is 0 Å². The minimum Gasteiger partial charge on any atom is -0.492 e. The quantitative estimate of drug-likeness (QED) is 0.701. The molecule has 1 saturated heterocycles. The first-order chi connectivity index (χ1) is 13.3. The number of ether oxygens (including phenoxy) is 2. The van der Waals surface area contributed by atoms with Gasteiger partial charge < -0.3 is 14.4 Å². The molecule has 1 aliphatic rings. The van der Waals surface area contributed by atoms with Crippen molar-refractivity contribution in [1.82, 2.24) is 4.90 Å². The van der Waals surface area contributed by atoms with Crippen LogP contribution in [-0.2, 0) is 20.9 Å². The Hall–Kier alpha value is -1.76. The minimum atomic E-state index is -2.88. The third kappa shape index (κ3) is 7.53. The second-order valence-electron chi connectivity index (χ2n) is 9.44. The SMILES string of the molecule is CC(C)Cc1ccc(OCC2CCN(C(=O)OC(C)(C)C)CC2)c(S(C)(=N)=O)c1. The molecule has 29 heavy (non-hydrogen) atoms. The second-order valence-corrected chi connectivity index (χ2v) is 11.6. The van der Waals surface area contributed by atoms with Crippen LogP contribution in [0, 0.1) is 16.6 Å². The second kappa shape index (κ2) is 9.37. The molecule has 0 radical (unpaired) electrons. The molecule has 0 spiro atoms. The van der Waals surface area contributed by atoms with Crippen molar-refractivity contribution in [3.8, 4) is 5.75 Å². The maximum Gasteiger partial charge on any atom is 0.410 e. The highest BCUT2D eigenvalue weighted by Gasteiger charge is 2.27. The van der Waals surface area contributed by atoms with Crippen molar-refractivity contribution in [3.63, 3.8) is 0 Å². The Bertz CT molecular complexity index is 805. The normalized spacial score (nSPS) is 17.8. The maximum atomic E-state index is 12.5. The topological polar surface area (TPSA) is 79.7 Å². The first-order valence-corrected chi connectivity index (χ1v) is 12.3. The fraction of sp³-hybridized carbons (Fsp3) is 0.682. The van der Waals surface area contributed by atoms with Gasteiger partial charge in [-0.1, -0.05) is 19.9 Å². The lowest BCUT2D eigenvalue weighted by atomic mass is 9.98. The number of piperidine rings is 1. The highest BCUT2D eigenvalue weighted by atomic mass is 32.2. The van der Waals surface area contributed by atoms with E-state index in [0.717, 1.165) is 24.8 Å². The summed E-state index contributed by atoms with van der Waals surface area (Å²) in [7, 11) is -2.88. The number of nitrogens with zero attached hydrogens (tertiary/aromatic N) is 1. The average molecular weight is 425 g/mol. The molecular weight excluding hydrogens is 388 g/mol. The van der Waals surface area contributed by atoms with Crippen LogP contribution >= 0.6 is 0 Å². The Morgan fingerprint density at radius 2 is 1.90 bits per heavy atom. The van der Waals surface area contributed by atoms with Crippen molar-refractivity contribution >= 4 is 15.8 Å². The van der Waals surface area contributed by atoms with Gasteiger partial charge in [-0.05, 0) is 69.6 Å². The summed E-state index contributed by atoms with van der Waals surface area (Å²) in [6.07, 6.45) is 3.73. The van der Waals surface area contributed by atoms with Crippen molar-refractivity contribution in [3.05, 3.63) is 23.8 Å². The highest BCUT2D eigenvalue weighted by molar-refractivity contribution is 7.91. The lowest BCUT2D eigenvalue weighted by Gasteiger charge is -2.33. The molecule has 2 rings (SSSR count). The van der Waals surface area contributed by atoms with E-state index < -0.39 is 15.3 Å². The molecule has 1 aliphatic heterocycles. The average Bonchev–Trinajstić information content (AvgIpc) is 2.58. The Kier molecular flexibility index (Phi) is 7.60. The molecule has 7 heteroatoms. The van der Waals surface area contributed by atoms with Gasteiger partial charge in [0.25, 0.3) is 0 Å². The van der Waals surface area contributed by atoms with Crippen LogP contribution in [0.15, 0.2) is 23.1 Å². The lowest BCUT2D eigenvalue weighted by Crippen LogP contribution is -2.42. The van der Waals surface area contributed by atoms with Crippen LogP contribution in [0.25, 0.3) is 0 Å². The Morgan fingerprint density at radius 1 is 1.28 bits per heavy atom. The monoisotopic (exact) mass is 424 g/mol. The summed E-state index contributed by atoms with van der Waals surface area (Å²) < 4.78 is 32.0. The zero-order chi connectivity index (χ0) is 21.8. The lowest BCUT2D eigenvalue weighted by molar-refractivity contribution is 0.0164. The summed E-state index contributed by atoms with van der Waals surface area (Å²) in [5, 5.41) is 0. The molecule has 1 fully saturated rings. The van der Waals surface area contributed by atoms with Crippen LogP contribution in [0.5, 0.6) is 5.75 Å². The summed E-state index contributed by atoms with van der Waals surface area (Å²) in [5.41, 5.74) is 0.591. The molecule has 1 N–H and O–H groups in total. The number of amides is 1. The maximum absolute atomic E-state index is 12.5. The summed E-state index contributed by atoms with van der Waals surface area (Å²) in [6, 6.07) is 5.70. The molecule has 164 valence electrons. The number of carbonyl (C=O) groups excluding carboxylic acids is 1. The Morgan fingerprint density at radius 3 is 2.41 bits per heavy atom. The first kappa shape index (κ1) is 23.5. The van der Waals surface area contributed by atoms with Gasteiger partial charge in [-0.15, -0.1) is 0 Å². The van der Waals surface area contributed by atoms with Crippen LogP contribution in [0.3, 0.4) is 0 Å². The number of hydrogen-bond acceptors (Lipinski definition) is 5. The van der Waals surface area contributed by atoms with E-state index in [2.05, 4.69) is 13.8 Å². The van der Waals surface area contributed by atoms with Gasteiger partial charge in [0.2, 0.25) is 0 Å². The van der Waals surface area contributed by atoms with Gasteiger partial charge in [0.15, 0.2) is 0 Å². The summed E-state index contributed by atoms with van der Waals surface area (Å²) in [5.74, 6) is 1.34. The number of nitrogens with one attached hydrogen (secondary N) is 1. The van der Waals surface area contributed by atoms with E-state index in [0.29, 0.717) is 42.2 Å². The molecule has 0 aliphatic carbocycles. The van der Waals surface area contributed by atoms with Crippen LogP contribution in [0.2, 0.25) is 0 Å². The summed E-state index contributed by atoms with van der Waals surface area (Å²) >= 11 is 0. The molecule has 1 amide bonds. The largest absolute Gasteiger partial charge is 0.492 e. The molecule has 1 atom stereocenters. The van der Waals surface area contributed by atoms with Crippen LogP contribution < -0.4 is 4.74 Å². The van der Waals surface area contributed by atoms with Crippen molar-refractivity contribution in [2.24, 2.45) is 11.8 Å². The van der Waals surface area contributed by atoms with Gasteiger partial charge in [0.1, 0.15) is 11.4 Å². The van der Waals surface area contributed by atoms with E-state index in [1.165, 1.54) is 6.26 Å². The number of rotatable bonds is 6. The molecule has 1 aromatic rings. The summed E-state index contributed by atoms with van der Waals surface area (Å²) in [6.45, 7) is 11.7. The smallest absolute Gasteiger partial charge is 0.410 e. The molecule has 0 saturated carbocycles. The third-order valence-electron chi connectivity index (χ3n) is 4.81. The molecule has 1 heterocycles. The van der Waals surface area contributed by atoms with E-state index in [1.54, 1.807) is 4.90 Å². The van der Waals surface area contributed by atoms with Crippen LogP contribution in [-0.4, -0.2) is 46.8 Å². The van der Waals surface area contributed by atoms with E-state index >= 15 is 0 Å². The highest BCUT2D eigenvalue weighted by Crippen LogP contribution is 2.28. The Balaban J connectivity index is 1.96. The predicted octanol–water partition coefficient (Wildman–Crippen LogP) is 4.95. The van der Waals surface area contributed by atoms with Gasteiger partial charge in [-0.3, -0.25) is 0 Å². The predicted molar refractivity (Wildman–Crippen MR) is 116 cm³/mol. The standard InChI is InChI=1S/C22H36N2O4S/c1-16(2)13-18-7-8-19(20(14-18)29(6,23)26)27-15-17-9-11-24(12-10-17)21(25)28-22(3,4)5/h7-8,14,16-17,23H,9-13,15H2,1-6H3. The van der Waals surface area contributed by atoms with E-state index in [4.69, 9.17) is 14.3 Å². The molecule has 0 aromatic heterocycles. The number of likely N-dealkylation sites (tertiary alicyclic amines) is 1. The van der Waals surface area contributed by atoms with Gasteiger partial charge in [0, 0.05) is 19.3 Å². The molecule has 0 bridgehead atoms. The first-order valence-electron chi connectivity index (χ1n) is 10.3.